The van der Waals surface area contributed by atoms with Gasteiger partial charge in [-0.15, -0.1) is 10.2 Å². The predicted octanol–water partition coefficient (Wildman–Crippen LogP) is 3.57. The van der Waals surface area contributed by atoms with Crippen LogP contribution in [0.1, 0.15) is 18.5 Å². The quantitative estimate of drug-likeness (QED) is 0.875. The van der Waals surface area contributed by atoms with E-state index in [1.165, 1.54) is 40.9 Å². The monoisotopic (exact) mass is 301 g/mol. The van der Waals surface area contributed by atoms with Crippen molar-refractivity contribution in [1.82, 2.24) is 10.2 Å². The molecule has 0 saturated heterocycles. The fourth-order valence-corrected chi connectivity index (χ4v) is 4.01. The number of rotatable bonds is 4. The minimum atomic E-state index is -0.268. The molecule has 0 aliphatic carbocycles. The highest BCUT2D eigenvalue weighted by atomic mass is 32.2. The highest BCUT2D eigenvalue weighted by molar-refractivity contribution is 8.03. The summed E-state index contributed by atoms with van der Waals surface area (Å²) in [6.45, 7) is 1.84. The summed E-state index contributed by atoms with van der Waals surface area (Å²) >= 11 is 4.26. The SMILES string of the molecule is CSc1nnc(Sc2c(F)cccc2[C@H](C)N)s1. The van der Waals surface area contributed by atoms with Gasteiger partial charge in [-0.1, -0.05) is 47.0 Å². The normalized spacial score (nSPS) is 12.7. The van der Waals surface area contributed by atoms with E-state index in [0.29, 0.717) is 4.90 Å². The fourth-order valence-electron chi connectivity index (χ4n) is 1.40. The van der Waals surface area contributed by atoms with E-state index in [-0.39, 0.29) is 11.9 Å². The minimum Gasteiger partial charge on any atom is -0.324 e. The highest BCUT2D eigenvalue weighted by Crippen LogP contribution is 2.37. The molecule has 3 nitrogen and oxygen atoms in total. The number of hydrogen-bond acceptors (Lipinski definition) is 6. The highest BCUT2D eigenvalue weighted by Gasteiger charge is 2.15. The Bertz CT molecular complexity index is 542. The first-order chi connectivity index (χ1) is 8.61. The zero-order valence-corrected chi connectivity index (χ0v) is 12.3. The Morgan fingerprint density at radius 1 is 1.33 bits per heavy atom. The molecule has 96 valence electrons. The van der Waals surface area contributed by atoms with Gasteiger partial charge in [0.2, 0.25) is 0 Å². The fraction of sp³-hybridized carbons (Fsp3) is 0.273. The van der Waals surface area contributed by atoms with Crippen LogP contribution < -0.4 is 5.73 Å². The molecule has 0 spiro atoms. The third-order valence-electron chi connectivity index (χ3n) is 2.24. The smallest absolute Gasteiger partial charge is 0.179 e. The Morgan fingerprint density at radius 2 is 2.06 bits per heavy atom. The van der Waals surface area contributed by atoms with Gasteiger partial charge in [0.05, 0.1) is 4.90 Å². The first kappa shape index (κ1) is 13.8. The molecule has 1 aromatic carbocycles. The second-order valence-corrected chi connectivity index (χ2v) is 6.88. The number of hydrogen-bond donors (Lipinski definition) is 1. The second-order valence-electron chi connectivity index (χ2n) is 3.59. The first-order valence-corrected chi connectivity index (χ1v) is 8.07. The molecule has 18 heavy (non-hydrogen) atoms. The average Bonchev–Trinajstić information content (AvgIpc) is 2.79. The van der Waals surface area contributed by atoms with Gasteiger partial charge in [-0.05, 0) is 24.8 Å². The van der Waals surface area contributed by atoms with Crippen molar-refractivity contribution in [2.24, 2.45) is 5.73 Å². The van der Waals surface area contributed by atoms with E-state index in [9.17, 15) is 4.39 Å². The number of halogens is 1. The molecule has 0 radical (unpaired) electrons. The molecular formula is C11H12FN3S3. The van der Waals surface area contributed by atoms with Gasteiger partial charge in [0.1, 0.15) is 5.82 Å². The Hall–Kier alpha value is -0.630. The van der Waals surface area contributed by atoms with Crippen molar-refractivity contribution in [3.8, 4) is 0 Å². The number of benzene rings is 1. The zero-order chi connectivity index (χ0) is 13.1. The van der Waals surface area contributed by atoms with Crippen LogP contribution in [0.5, 0.6) is 0 Å². The van der Waals surface area contributed by atoms with Gasteiger partial charge in [0.25, 0.3) is 0 Å². The van der Waals surface area contributed by atoms with Crippen molar-refractivity contribution >= 4 is 34.9 Å². The first-order valence-electron chi connectivity index (χ1n) is 5.21. The Labute approximate surface area is 117 Å². The molecule has 0 fully saturated rings. The molecule has 0 amide bonds. The zero-order valence-electron chi connectivity index (χ0n) is 9.88. The van der Waals surface area contributed by atoms with Crippen LogP contribution in [0, 0.1) is 5.82 Å². The van der Waals surface area contributed by atoms with Crippen LogP contribution in [-0.4, -0.2) is 16.5 Å². The van der Waals surface area contributed by atoms with Crippen LogP contribution in [-0.2, 0) is 0 Å². The maximum atomic E-state index is 13.9. The lowest BCUT2D eigenvalue weighted by Gasteiger charge is -2.11. The lowest BCUT2D eigenvalue weighted by Crippen LogP contribution is -2.07. The Kier molecular flexibility index (Phi) is 4.60. The molecule has 0 saturated carbocycles. The molecule has 7 heteroatoms. The van der Waals surface area contributed by atoms with Crippen LogP contribution in [0.25, 0.3) is 0 Å². The Balaban J connectivity index is 2.33. The molecule has 2 N–H and O–H groups in total. The van der Waals surface area contributed by atoms with Gasteiger partial charge in [0, 0.05) is 6.04 Å². The summed E-state index contributed by atoms with van der Waals surface area (Å²) in [5, 5.41) is 8.02. The Morgan fingerprint density at radius 3 is 2.67 bits per heavy atom. The van der Waals surface area contributed by atoms with Gasteiger partial charge in [-0.3, -0.25) is 0 Å². The van der Waals surface area contributed by atoms with E-state index < -0.39 is 0 Å². The van der Waals surface area contributed by atoms with E-state index >= 15 is 0 Å². The lowest BCUT2D eigenvalue weighted by molar-refractivity contribution is 0.591. The van der Waals surface area contributed by atoms with Crippen LogP contribution >= 0.6 is 34.9 Å². The van der Waals surface area contributed by atoms with E-state index in [4.69, 9.17) is 5.73 Å². The van der Waals surface area contributed by atoms with Crippen LogP contribution in [0.4, 0.5) is 4.39 Å². The predicted molar refractivity (Wildman–Crippen MR) is 74.8 cm³/mol. The van der Waals surface area contributed by atoms with Gasteiger partial charge >= 0.3 is 0 Å². The molecule has 2 aromatic rings. The largest absolute Gasteiger partial charge is 0.324 e. The third-order valence-corrected chi connectivity index (χ3v) is 5.32. The summed E-state index contributed by atoms with van der Waals surface area (Å²) in [6.07, 6.45) is 1.94. The number of nitrogens with zero attached hydrogens (tertiary/aromatic N) is 2. The number of thioether (sulfide) groups is 1. The maximum Gasteiger partial charge on any atom is 0.179 e. The van der Waals surface area contributed by atoms with E-state index in [1.54, 1.807) is 6.07 Å². The average molecular weight is 301 g/mol. The maximum absolute atomic E-state index is 13.9. The van der Waals surface area contributed by atoms with Gasteiger partial charge in [-0.25, -0.2) is 4.39 Å². The third kappa shape index (κ3) is 3.03. The molecule has 0 bridgehead atoms. The standard InChI is InChI=1S/C11H12FN3S3/c1-6(13)7-4-3-5-8(12)9(7)17-11-15-14-10(16-2)18-11/h3-6H,13H2,1-2H3/t6-/m0/s1. The van der Waals surface area contributed by atoms with Crippen molar-refractivity contribution in [2.75, 3.05) is 6.26 Å². The number of aromatic nitrogens is 2. The van der Waals surface area contributed by atoms with Crippen LogP contribution in [0.3, 0.4) is 0 Å². The minimum absolute atomic E-state index is 0.212. The summed E-state index contributed by atoms with van der Waals surface area (Å²) in [5.41, 5.74) is 6.64. The van der Waals surface area contributed by atoms with Gasteiger partial charge < -0.3 is 5.73 Å². The van der Waals surface area contributed by atoms with Gasteiger partial charge in [-0.2, -0.15) is 0 Å². The molecule has 1 heterocycles. The van der Waals surface area contributed by atoms with Crippen molar-refractivity contribution in [2.45, 2.75) is 26.5 Å². The second kappa shape index (κ2) is 6.01. The molecule has 0 aliphatic heterocycles. The lowest BCUT2D eigenvalue weighted by atomic mass is 10.1. The van der Waals surface area contributed by atoms with Gasteiger partial charge in [0.15, 0.2) is 8.68 Å². The van der Waals surface area contributed by atoms with E-state index in [1.807, 2.05) is 19.2 Å². The number of nitrogens with two attached hydrogens (primary N) is 1. The summed E-state index contributed by atoms with van der Waals surface area (Å²) in [7, 11) is 0. The molecule has 1 aromatic heterocycles. The van der Waals surface area contributed by atoms with Crippen molar-refractivity contribution < 1.29 is 4.39 Å². The molecule has 2 rings (SSSR count). The van der Waals surface area contributed by atoms with Crippen LogP contribution in [0.2, 0.25) is 0 Å². The van der Waals surface area contributed by atoms with E-state index in [0.717, 1.165) is 14.2 Å². The van der Waals surface area contributed by atoms with Crippen molar-refractivity contribution in [3.05, 3.63) is 29.6 Å². The topological polar surface area (TPSA) is 51.8 Å². The van der Waals surface area contributed by atoms with E-state index in [2.05, 4.69) is 10.2 Å². The summed E-state index contributed by atoms with van der Waals surface area (Å²) in [5.74, 6) is -0.268. The molecule has 1 atom stereocenters. The van der Waals surface area contributed by atoms with Crippen molar-refractivity contribution in [3.63, 3.8) is 0 Å². The molecular weight excluding hydrogens is 289 g/mol. The summed E-state index contributed by atoms with van der Waals surface area (Å²) < 4.78 is 15.5. The van der Waals surface area contributed by atoms with Crippen LogP contribution in [0.15, 0.2) is 31.8 Å². The molecule has 0 unspecified atom stereocenters. The summed E-state index contributed by atoms with van der Waals surface area (Å²) in [4.78, 5) is 0.538. The van der Waals surface area contributed by atoms with Crippen molar-refractivity contribution in [1.29, 1.82) is 0 Å². The molecule has 0 aliphatic rings. The summed E-state index contributed by atoms with van der Waals surface area (Å²) in [6, 6.07) is 4.74.